The average Bonchev–Trinajstić information content (AvgIpc) is 2.93. The molecule has 124 valence electrons. The van der Waals surface area contributed by atoms with Crippen molar-refractivity contribution >= 4 is 29.9 Å². The highest BCUT2D eigenvalue weighted by Crippen LogP contribution is 2.15. The quantitative estimate of drug-likeness (QED) is 0.322. The van der Waals surface area contributed by atoms with Crippen molar-refractivity contribution in [2.24, 2.45) is 10.7 Å². The van der Waals surface area contributed by atoms with Crippen molar-refractivity contribution in [3.63, 3.8) is 0 Å². The molecule has 1 aromatic carbocycles. The zero-order valence-corrected chi connectivity index (χ0v) is 15.6. The van der Waals surface area contributed by atoms with Crippen LogP contribution in [0.25, 0.3) is 0 Å². The van der Waals surface area contributed by atoms with Crippen LogP contribution in [-0.2, 0) is 4.74 Å². The SMILES string of the molecule is Cc1cc(C)cc(OCCNC(N)=NCC2CCCO2)c1.I. The fourth-order valence-corrected chi connectivity index (χ4v) is 2.41. The van der Waals surface area contributed by atoms with Gasteiger partial charge in [0.2, 0.25) is 0 Å². The van der Waals surface area contributed by atoms with Crippen LogP contribution in [0.15, 0.2) is 23.2 Å². The van der Waals surface area contributed by atoms with Crippen LogP contribution < -0.4 is 15.8 Å². The van der Waals surface area contributed by atoms with E-state index in [1.54, 1.807) is 0 Å². The molecule has 0 aromatic heterocycles. The monoisotopic (exact) mass is 419 g/mol. The maximum Gasteiger partial charge on any atom is 0.188 e. The van der Waals surface area contributed by atoms with Gasteiger partial charge in [-0.1, -0.05) is 6.07 Å². The van der Waals surface area contributed by atoms with E-state index in [9.17, 15) is 0 Å². The molecule has 6 heteroatoms. The first-order valence-electron chi connectivity index (χ1n) is 7.50. The van der Waals surface area contributed by atoms with Gasteiger partial charge in [0, 0.05) is 6.61 Å². The molecule has 1 fully saturated rings. The van der Waals surface area contributed by atoms with E-state index in [2.05, 4.69) is 30.2 Å². The third kappa shape index (κ3) is 6.83. The summed E-state index contributed by atoms with van der Waals surface area (Å²) in [6.07, 6.45) is 2.43. The fourth-order valence-electron chi connectivity index (χ4n) is 2.41. The van der Waals surface area contributed by atoms with E-state index in [1.165, 1.54) is 11.1 Å². The lowest BCUT2D eigenvalue weighted by atomic mass is 10.1. The Balaban J connectivity index is 0.00000242. The molecule has 3 N–H and O–H groups in total. The van der Waals surface area contributed by atoms with E-state index in [0.717, 1.165) is 25.2 Å². The maximum atomic E-state index is 5.81. The Bertz CT molecular complexity index is 468. The van der Waals surface area contributed by atoms with Gasteiger partial charge in [-0.2, -0.15) is 0 Å². The van der Waals surface area contributed by atoms with Gasteiger partial charge in [0.25, 0.3) is 0 Å². The van der Waals surface area contributed by atoms with E-state index < -0.39 is 0 Å². The van der Waals surface area contributed by atoms with Crippen LogP contribution in [0.2, 0.25) is 0 Å². The second-order valence-corrected chi connectivity index (χ2v) is 5.46. The second-order valence-electron chi connectivity index (χ2n) is 5.46. The predicted molar refractivity (Wildman–Crippen MR) is 100 cm³/mol. The molecule has 0 aliphatic carbocycles. The molecule has 0 radical (unpaired) electrons. The van der Waals surface area contributed by atoms with E-state index >= 15 is 0 Å². The van der Waals surface area contributed by atoms with Gasteiger partial charge in [-0.05, 0) is 49.9 Å². The van der Waals surface area contributed by atoms with Crippen molar-refractivity contribution in [1.82, 2.24) is 5.32 Å². The topological polar surface area (TPSA) is 68.9 Å². The van der Waals surface area contributed by atoms with Crippen molar-refractivity contribution in [2.75, 3.05) is 26.3 Å². The van der Waals surface area contributed by atoms with Crippen LogP contribution in [0.3, 0.4) is 0 Å². The van der Waals surface area contributed by atoms with Gasteiger partial charge in [-0.3, -0.25) is 4.99 Å². The molecule has 0 spiro atoms. The van der Waals surface area contributed by atoms with Crippen LogP contribution in [0.1, 0.15) is 24.0 Å². The molecular formula is C16H26IN3O2. The number of rotatable bonds is 6. The maximum absolute atomic E-state index is 5.81. The largest absolute Gasteiger partial charge is 0.492 e. The minimum atomic E-state index is 0. The summed E-state index contributed by atoms with van der Waals surface area (Å²) in [5.74, 6) is 1.35. The molecule has 1 saturated heterocycles. The number of guanidine groups is 1. The summed E-state index contributed by atoms with van der Waals surface area (Å²) in [4.78, 5) is 4.28. The lowest BCUT2D eigenvalue weighted by Gasteiger charge is -2.10. The standard InChI is InChI=1S/C16H25N3O2.HI/c1-12-8-13(2)10-15(9-12)21-7-5-18-16(17)19-11-14-4-3-6-20-14;/h8-10,14H,3-7,11H2,1-2H3,(H3,17,18,19);1H. The zero-order chi connectivity index (χ0) is 15.1. The van der Waals surface area contributed by atoms with E-state index in [4.69, 9.17) is 15.2 Å². The van der Waals surface area contributed by atoms with Crippen molar-refractivity contribution in [1.29, 1.82) is 0 Å². The average molecular weight is 419 g/mol. The summed E-state index contributed by atoms with van der Waals surface area (Å²) >= 11 is 0. The minimum absolute atomic E-state index is 0. The Hall–Kier alpha value is -1.02. The van der Waals surface area contributed by atoms with E-state index in [1.807, 2.05) is 12.1 Å². The number of nitrogens with one attached hydrogen (secondary N) is 1. The Labute approximate surface area is 149 Å². The number of hydrogen-bond acceptors (Lipinski definition) is 3. The number of aryl methyl sites for hydroxylation is 2. The smallest absolute Gasteiger partial charge is 0.188 e. The summed E-state index contributed by atoms with van der Waals surface area (Å²) in [7, 11) is 0. The molecule has 22 heavy (non-hydrogen) atoms. The first-order valence-corrected chi connectivity index (χ1v) is 7.50. The second kappa shape index (κ2) is 9.89. The lowest BCUT2D eigenvalue weighted by molar-refractivity contribution is 0.117. The summed E-state index contributed by atoms with van der Waals surface area (Å²) < 4.78 is 11.2. The van der Waals surface area contributed by atoms with Crippen molar-refractivity contribution in [3.05, 3.63) is 29.3 Å². The Morgan fingerprint density at radius 3 is 2.73 bits per heavy atom. The molecular weight excluding hydrogens is 393 g/mol. The molecule has 1 heterocycles. The van der Waals surface area contributed by atoms with Gasteiger partial charge in [-0.25, -0.2) is 0 Å². The first kappa shape index (κ1) is 19.0. The van der Waals surface area contributed by atoms with Gasteiger partial charge in [0.15, 0.2) is 5.96 Å². The summed E-state index contributed by atoms with van der Waals surface area (Å²) in [5.41, 5.74) is 8.22. The van der Waals surface area contributed by atoms with Gasteiger partial charge >= 0.3 is 0 Å². The lowest BCUT2D eigenvalue weighted by Crippen LogP contribution is -2.35. The van der Waals surface area contributed by atoms with Gasteiger partial charge in [0.05, 0.1) is 19.2 Å². The summed E-state index contributed by atoms with van der Waals surface area (Å²) in [6.45, 7) is 6.79. The Morgan fingerprint density at radius 2 is 2.09 bits per heavy atom. The van der Waals surface area contributed by atoms with Gasteiger partial charge < -0.3 is 20.5 Å². The molecule has 1 aliphatic heterocycles. The van der Waals surface area contributed by atoms with Gasteiger partial charge in [0.1, 0.15) is 12.4 Å². The highest BCUT2D eigenvalue weighted by molar-refractivity contribution is 14.0. The van der Waals surface area contributed by atoms with E-state index in [0.29, 0.717) is 25.7 Å². The molecule has 0 bridgehead atoms. The van der Waals surface area contributed by atoms with E-state index in [-0.39, 0.29) is 30.1 Å². The molecule has 2 rings (SSSR count). The normalized spacial score (nSPS) is 17.9. The predicted octanol–water partition coefficient (Wildman–Crippen LogP) is 2.38. The van der Waals surface area contributed by atoms with Crippen LogP contribution in [-0.4, -0.2) is 38.4 Å². The highest BCUT2D eigenvalue weighted by atomic mass is 127. The number of benzene rings is 1. The molecule has 0 saturated carbocycles. The molecule has 1 aromatic rings. The first-order chi connectivity index (χ1) is 10.1. The number of halogens is 1. The van der Waals surface area contributed by atoms with Gasteiger partial charge in [-0.15, -0.1) is 24.0 Å². The van der Waals surface area contributed by atoms with Crippen LogP contribution >= 0.6 is 24.0 Å². The molecule has 5 nitrogen and oxygen atoms in total. The van der Waals surface area contributed by atoms with Crippen molar-refractivity contribution in [3.8, 4) is 5.75 Å². The third-order valence-corrected chi connectivity index (χ3v) is 3.36. The minimum Gasteiger partial charge on any atom is -0.492 e. The zero-order valence-electron chi connectivity index (χ0n) is 13.3. The highest BCUT2D eigenvalue weighted by Gasteiger charge is 2.14. The number of ether oxygens (including phenoxy) is 2. The number of aliphatic imine (C=N–C) groups is 1. The Morgan fingerprint density at radius 1 is 1.36 bits per heavy atom. The molecule has 1 atom stereocenters. The number of hydrogen-bond donors (Lipinski definition) is 2. The summed E-state index contributed by atoms with van der Waals surface area (Å²) in [6, 6.07) is 6.19. The van der Waals surface area contributed by atoms with Crippen molar-refractivity contribution in [2.45, 2.75) is 32.8 Å². The summed E-state index contributed by atoms with van der Waals surface area (Å²) in [5, 5.41) is 3.05. The van der Waals surface area contributed by atoms with Crippen LogP contribution in [0.4, 0.5) is 0 Å². The van der Waals surface area contributed by atoms with Crippen molar-refractivity contribution < 1.29 is 9.47 Å². The van der Waals surface area contributed by atoms with Crippen LogP contribution in [0, 0.1) is 13.8 Å². The Kier molecular flexibility index (Phi) is 8.55. The molecule has 1 aliphatic rings. The van der Waals surface area contributed by atoms with Crippen LogP contribution in [0.5, 0.6) is 5.75 Å². The fraction of sp³-hybridized carbons (Fsp3) is 0.562. The molecule has 0 amide bonds. The number of nitrogens with two attached hydrogens (primary N) is 1. The number of nitrogens with zero attached hydrogens (tertiary/aromatic N) is 1. The molecule has 1 unspecified atom stereocenters. The third-order valence-electron chi connectivity index (χ3n) is 3.36.